The molecule has 0 bridgehead atoms. The summed E-state index contributed by atoms with van der Waals surface area (Å²) >= 11 is 0. The third kappa shape index (κ3) is 1.77. The molecule has 0 N–H and O–H groups in total. The molecule has 2 aliphatic carbocycles. The molecule has 0 saturated heterocycles. The second kappa shape index (κ2) is 4.59. The highest BCUT2D eigenvalue weighted by molar-refractivity contribution is 6.05. The summed E-state index contributed by atoms with van der Waals surface area (Å²) in [5, 5.41) is 0. The molecule has 2 aliphatic rings. The molecule has 100 valence electrons. The van der Waals surface area contributed by atoms with Gasteiger partial charge in [-0.15, -0.1) is 0 Å². The topological polar surface area (TPSA) is 34.1 Å². The van der Waals surface area contributed by atoms with Crippen LogP contribution in [-0.4, -0.2) is 12.1 Å². The first-order valence-electron chi connectivity index (χ1n) is 7.28. The van der Waals surface area contributed by atoms with Gasteiger partial charge in [-0.1, -0.05) is 37.0 Å². The molecule has 2 heteroatoms. The zero-order valence-corrected chi connectivity index (χ0v) is 11.4. The third-order valence-corrected chi connectivity index (χ3v) is 5.04. The summed E-state index contributed by atoms with van der Waals surface area (Å²) in [6.07, 6.45) is 7.04. The van der Waals surface area contributed by atoms with Gasteiger partial charge in [0, 0.05) is 23.3 Å². The van der Waals surface area contributed by atoms with E-state index >= 15 is 0 Å². The van der Waals surface area contributed by atoms with Crippen molar-refractivity contribution in [3.05, 3.63) is 34.9 Å². The number of benzene rings is 1. The van der Waals surface area contributed by atoms with Crippen LogP contribution in [0.3, 0.4) is 0 Å². The van der Waals surface area contributed by atoms with E-state index in [1.54, 1.807) is 0 Å². The molecule has 1 aromatic rings. The van der Waals surface area contributed by atoms with Crippen molar-refractivity contribution in [1.29, 1.82) is 0 Å². The number of fused-ring (bicyclic) bond motifs is 2. The van der Waals surface area contributed by atoms with Gasteiger partial charge in [0.05, 0.1) is 0 Å². The van der Waals surface area contributed by atoms with Crippen molar-refractivity contribution in [2.45, 2.75) is 50.9 Å². The lowest BCUT2D eigenvalue weighted by atomic mass is 9.64. The third-order valence-electron chi connectivity index (χ3n) is 5.04. The van der Waals surface area contributed by atoms with E-state index in [4.69, 9.17) is 0 Å². The number of carbonyl (C=O) groups is 2. The summed E-state index contributed by atoms with van der Waals surface area (Å²) in [6.45, 7) is 2.02. The highest BCUT2D eigenvalue weighted by Crippen LogP contribution is 2.53. The van der Waals surface area contributed by atoms with Crippen LogP contribution in [0.25, 0.3) is 0 Å². The summed E-state index contributed by atoms with van der Waals surface area (Å²) in [6, 6.07) is 6.25. The van der Waals surface area contributed by atoms with Crippen molar-refractivity contribution in [3.8, 4) is 0 Å². The number of hydrogen-bond acceptors (Lipinski definition) is 2. The Bertz CT molecular complexity index is 524. The van der Waals surface area contributed by atoms with Crippen LogP contribution in [0.15, 0.2) is 18.2 Å². The summed E-state index contributed by atoms with van der Waals surface area (Å²) in [5.41, 5.74) is 3.19. The monoisotopic (exact) mass is 256 g/mol. The number of Topliss-reactive ketones (excluding diaryl/α,β-unsaturated/α-hetero) is 1. The average Bonchev–Trinajstić information content (AvgIpc) is 2.63. The first-order valence-corrected chi connectivity index (χ1v) is 7.28. The average molecular weight is 256 g/mol. The molecule has 0 aliphatic heterocycles. The van der Waals surface area contributed by atoms with Crippen LogP contribution >= 0.6 is 0 Å². The fraction of sp³-hybridized carbons (Fsp3) is 0.529. The van der Waals surface area contributed by atoms with Gasteiger partial charge in [-0.3, -0.25) is 4.79 Å². The van der Waals surface area contributed by atoms with Crippen molar-refractivity contribution >= 4 is 12.1 Å². The van der Waals surface area contributed by atoms with Crippen LogP contribution < -0.4 is 0 Å². The second-order valence-corrected chi connectivity index (χ2v) is 6.09. The highest BCUT2D eigenvalue weighted by atomic mass is 16.1. The largest absolute Gasteiger partial charge is 0.303 e. The Morgan fingerprint density at radius 2 is 2.00 bits per heavy atom. The molecule has 1 fully saturated rings. The predicted octanol–water partition coefficient (Wildman–Crippen LogP) is 3.60. The minimum atomic E-state index is -0.109. The van der Waals surface area contributed by atoms with E-state index < -0.39 is 0 Å². The van der Waals surface area contributed by atoms with E-state index in [0.29, 0.717) is 6.42 Å². The van der Waals surface area contributed by atoms with Crippen LogP contribution in [0.5, 0.6) is 0 Å². The van der Waals surface area contributed by atoms with Crippen molar-refractivity contribution in [1.82, 2.24) is 0 Å². The van der Waals surface area contributed by atoms with E-state index in [0.717, 1.165) is 30.3 Å². The molecule has 0 radical (unpaired) electrons. The van der Waals surface area contributed by atoms with E-state index in [9.17, 15) is 9.59 Å². The van der Waals surface area contributed by atoms with Gasteiger partial charge in [0.1, 0.15) is 6.29 Å². The molecule has 1 spiro atoms. The molecule has 0 amide bonds. The van der Waals surface area contributed by atoms with Gasteiger partial charge in [0.2, 0.25) is 0 Å². The fourth-order valence-electron chi connectivity index (χ4n) is 4.15. The Balaban J connectivity index is 2.14. The Morgan fingerprint density at radius 1 is 1.26 bits per heavy atom. The van der Waals surface area contributed by atoms with Gasteiger partial charge in [0.15, 0.2) is 5.78 Å². The van der Waals surface area contributed by atoms with E-state index in [1.165, 1.54) is 24.8 Å². The molecule has 1 aromatic carbocycles. The number of hydrogen-bond donors (Lipinski definition) is 0. The van der Waals surface area contributed by atoms with Crippen molar-refractivity contribution < 1.29 is 9.59 Å². The molecular weight excluding hydrogens is 236 g/mol. The first-order chi connectivity index (χ1) is 9.19. The van der Waals surface area contributed by atoms with Gasteiger partial charge < -0.3 is 4.79 Å². The Morgan fingerprint density at radius 3 is 2.68 bits per heavy atom. The van der Waals surface area contributed by atoms with Crippen LogP contribution in [-0.2, 0) is 10.2 Å². The van der Waals surface area contributed by atoms with Gasteiger partial charge >= 0.3 is 0 Å². The summed E-state index contributed by atoms with van der Waals surface area (Å²) in [4.78, 5) is 23.7. The zero-order valence-electron chi connectivity index (χ0n) is 11.4. The smallest absolute Gasteiger partial charge is 0.167 e. The SMILES string of the molecule is Cc1ccc2c(c1)C(=O)C(CC=O)C21CCCCC1. The first kappa shape index (κ1) is 12.6. The lowest BCUT2D eigenvalue weighted by Crippen LogP contribution is -2.36. The molecule has 0 heterocycles. The Kier molecular flexibility index (Phi) is 3.04. The highest BCUT2D eigenvalue weighted by Gasteiger charge is 2.51. The molecule has 19 heavy (non-hydrogen) atoms. The molecule has 0 aromatic heterocycles. The van der Waals surface area contributed by atoms with Crippen molar-refractivity contribution in [2.75, 3.05) is 0 Å². The quantitative estimate of drug-likeness (QED) is 0.758. The minimum Gasteiger partial charge on any atom is -0.303 e. The molecular formula is C17H20O2. The maximum Gasteiger partial charge on any atom is 0.167 e. The van der Waals surface area contributed by atoms with E-state index in [1.807, 2.05) is 13.0 Å². The number of carbonyl (C=O) groups excluding carboxylic acids is 2. The Hall–Kier alpha value is -1.44. The molecule has 1 unspecified atom stereocenters. The molecule has 1 saturated carbocycles. The maximum atomic E-state index is 12.7. The predicted molar refractivity (Wildman–Crippen MR) is 74.4 cm³/mol. The second-order valence-electron chi connectivity index (χ2n) is 6.09. The number of rotatable bonds is 2. The standard InChI is InChI=1S/C17H20O2/c1-12-5-6-14-13(11-12)16(19)15(7-10-18)17(14)8-3-2-4-9-17/h5-6,10-11,15H,2-4,7-9H2,1H3. The minimum absolute atomic E-state index is 0.0424. The van der Waals surface area contributed by atoms with Crippen molar-refractivity contribution in [2.24, 2.45) is 5.92 Å². The van der Waals surface area contributed by atoms with Gasteiger partial charge in [-0.05, 0) is 31.4 Å². The molecule has 3 rings (SSSR count). The number of aldehydes is 1. The zero-order chi connectivity index (χ0) is 13.5. The number of aryl methyl sites for hydroxylation is 1. The van der Waals surface area contributed by atoms with Gasteiger partial charge in [-0.25, -0.2) is 0 Å². The van der Waals surface area contributed by atoms with Crippen LogP contribution in [0, 0.1) is 12.8 Å². The Labute approximate surface area is 114 Å². The van der Waals surface area contributed by atoms with Gasteiger partial charge in [0.25, 0.3) is 0 Å². The fourth-order valence-corrected chi connectivity index (χ4v) is 4.15. The summed E-state index contributed by atoms with van der Waals surface area (Å²) in [7, 11) is 0. The summed E-state index contributed by atoms with van der Waals surface area (Å²) < 4.78 is 0. The van der Waals surface area contributed by atoms with Crippen LogP contribution in [0.1, 0.15) is 60.0 Å². The normalized spacial score (nSPS) is 24.5. The lowest BCUT2D eigenvalue weighted by molar-refractivity contribution is -0.108. The van der Waals surface area contributed by atoms with Crippen LogP contribution in [0.2, 0.25) is 0 Å². The van der Waals surface area contributed by atoms with E-state index in [2.05, 4.69) is 12.1 Å². The van der Waals surface area contributed by atoms with E-state index in [-0.39, 0.29) is 17.1 Å². The van der Waals surface area contributed by atoms with Gasteiger partial charge in [-0.2, -0.15) is 0 Å². The maximum absolute atomic E-state index is 12.7. The number of ketones is 1. The molecule has 1 atom stereocenters. The lowest BCUT2D eigenvalue weighted by Gasteiger charge is -2.38. The van der Waals surface area contributed by atoms with Crippen LogP contribution in [0.4, 0.5) is 0 Å². The van der Waals surface area contributed by atoms with Crippen molar-refractivity contribution in [3.63, 3.8) is 0 Å². The summed E-state index contributed by atoms with van der Waals surface area (Å²) in [5.74, 6) is 0.0924. The molecule has 2 nitrogen and oxygen atoms in total.